The molecule has 0 radical (unpaired) electrons. The lowest BCUT2D eigenvalue weighted by Gasteiger charge is -2.29. The topological polar surface area (TPSA) is 55.6 Å². The monoisotopic (exact) mass is 248 g/mol. The third-order valence-corrected chi connectivity index (χ3v) is 3.12. The van der Waals surface area contributed by atoms with E-state index in [0.29, 0.717) is 26.1 Å². The molecule has 0 aromatic heterocycles. The fourth-order valence-electron chi connectivity index (χ4n) is 2.16. The van der Waals surface area contributed by atoms with Gasteiger partial charge in [0.1, 0.15) is 12.4 Å². The van der Waals surface area contributed by atoms with Crippen molar-refractivity contribution in [2.45, 2.75) is 25.7 Å². The Balaban J connectivity index is 1.95. The van der Waals surface area contributed by atoms with Crippen LogP contribution >= 0.6 is 0 Å². The molecule has 2 N–H and O–H groups in total. The van der Waals surface area contributed by atoms with Crippen LogP contribution in [0.4, 0.5) is 5.69 Å². The Morgan fingerprint density at radius 2 is 2.11 bits per heavy atom. The summed E-state index contributed by atoms with van der Waals surface area (Å²) in [6.07, 6.45) is 3.52. The minimum atomic E-state index is 0.183. The Morgan fingerprint density at radius 1 is 1.28 bits per heavy atom. The first-order valence-corrected chi connectivity index (χ1v) is 6.55. The van der Waals surface area contributed by atoms with Crippen molar-refractivity contribution in [3.63, 3.8) is 0 Å². The van der Waals surface area contributed by atoms with Gasteiger partial charge < -0.3 is 15.4 Å². The fourth-order valence-corrected chi connectivity index (χ4v) is 2.16. The highest BCUT2D eigenvalue weighted by atomic mass is 16.5. The standard InChI is InChI=1S/C14H20N2O2/c15-9-5-1-2-8-14(17)16-10-11-18-13-7-4-3-6-12(13)16/h3-4,6-7H,1-2,5,8-11,15H2. The zero-order valence-electron chi connectivity index (χ0n) is 10.6. The number of benzene rings is 1. The second kappa shape index (κ2) is 6.40. The number of nitrogens with two attached hydrogens (primary N) is 1. The molecule has 1 heterocycles. The number of carbonyl (C=O) groups is 1. The van der Waals surface area contributed by atoms with E-state index in [1.807, 2.05) is 29.2 Å². The molecule has 4 heteroatoms. The predicted octanol–water partition coefficient (Wildman–Crippen LogP) is 1.93. The number of rotatable bonds is 5. The molecule has 0 bridgehead atoms. The molecule has 1 amide bonds. The van der Waals surface area contributed by atoms with Crippen LogP contribution in [0.5, 0.6) is 5.75 Å². The Kier molecular flexibility index (Phi) is 4.59. The maximum atomic E-state index is 12.2. The summed E-state index contributed by atoms with van der Waals surface area (Å²) < 4.78 is 5.54. The Labute approximate surface area is 108 Å². The van der Waals surface area contributed by atoms with Gasteiger partial charge in [-0.25, -0.2) is 0 Å². The summed E-state index contributed by atoms with van der Waals surface area (Å²) in [7, 11) is 0. The average Bonchev–Trinajstić information content (AvgIpc) is 2.43. The van der Waals surface area contributed by atoms with Crippen LogP contribution in [0.25, 0.3) is 0 Å². The minimum Gasteiger partial charge on any atom is -0.490 e. The van der Waals surface area contributed by atoms with Crippen molar-refractivity contribution in [3.05, 3.63) is 24.3 Å². The Hall–Kier alpha value is -1.55. The quantitative estimate of drug-likeness (QED) is 0.810. The van der Waals surface area contributed by atoms with Crippen molar-refractivity contribution in [3.8, 4) is 5.75 Å². The van der Waals surface area contributed by atoms with Crippen LogP contribution in [0.2, 0.25) is 0 Å². The zero-order chi connectivity index (χ0) is 12.8. The first kappa shape index (κ1) is 12.9. The number of unbranched alkanes of at least 4 members (excludes halogenated alkanes) is 2. The van der Waals surface area contributed by atoms with Crippen LogP contribution < -0.4 is 15.4 Å². The highest BCUT2D eigenvalue weighted by Gasteiger charge is 2.22. The first-order chi connectivity index (χ1) is 8.83. The summed E-state index contributed by atoms with van der Waals surface area (Å²) >= 11 is 0. The molecule has 2 rings (SSSR count). The van der Waals surface area contributed by atoms with E-state index in [9.17, 15) is 4.79 Å². The van der Waals surface area contributed by atoms with Gasteiger partial charge in [-0.1, -0.05) is 18.6 Å². The van der Waals surface area contributed by atoms with Gasteiger partial charge in [-0.3, -0.25) is 4.79 Å². The van der Waals surface area contributed by atoms with Crippen LogP contribution in [0.1, 0.15) is 25.7 Å². The van der Waals surface area contributed by atoms with Crippen LogP contribution in [0.3, 0.4) is 0 Å². The minimum absolute atomic E-state index is 0.183. The molecule has 0 saturated heterocycles. The third-order valence-electron chi connectivity index (χ3n) is 3.12. The maximum Gasteiger partial charge on any atom is 0.227 e. The van der Waals surface area contributed by atoms with Crippen LogP contribution in [-0.2, 0) is 4.79 Å². The molecule has 98 valence electrons. The number of fused-ring (bicyclic) bond motifs is 1. The van der Waals surface area contributed by atoms with E-state index in [0.717, 1.165) is 30.7 Å². The largest absolute Gasteiger partial charge is 0.490 e. The molecule has 0 unspecified atom stereocenters. The molecule has 1 aliphatic heterocycles. The lowest BCUT2D eigenvalue weighted by Crippen LogP contribution is -2.37. The van der Waals surface area contributed by atoms with Gasteiger partial charge in [-0.2, -0.15) is 0 Å². The molecule has 0 atom stereocenters. The highest BCUT2D eigenvalue weighted by molar-refractivity contribution is 5.95. The second-order valence-electron chi connectivity index (χ2n) is 4.46. The van der Waals surface area contributed by atoms with E-state index in [1.165, 1.54) is 0 Å². The molecule has 0 spiro atoms. The number of anilines is 1. The van der Waals surface area contributed by atoms with Crippen molar-refractivity contribution >= 4 is 11.6 Å². The molecule has 0 fully saturated rings. The average molecular weight is 248 g/mol. The first-order valence-electron chi connectivity index (χ1n) is 6.55. The lowest BCUT2D eigenvalue weighted by molar-refractivity contribution is -0.119. The summed E-state index contributed by atoms with van der Waals surface area (Å²) in [4.78, 5) is 14.0. The van der Waals surface area contributed by atoms with Crippen molar-refractivity contribution in [1.82, 2.24) is 0 Å². The summed E-state index contributed by atoms with van der Waals surface area (Å²) in [5, 5.41) is 0. The lowest BCUT2D eigenvalue weighted by atomic mass is 10.1. The number of ether oxygens (including phenoxy) is 1. The number of nitrogens with zero attached hydrogens (tertiary/aromatic N) is 1. The van der Waals surface area contributed by atoms with Gasteiger partial charge in [0.15, 0.2) is 0 Å². The Bertz CT molecular complexity index is 407. The normalized spacial score (nSPS) is 13.9. The maximum absolute atomic E-state index is 12.2. The predicted molar refractivity (Wildman–Crippen MR) is 71.8 cm³/mol. The van der Waals surface area contributed by atoms with E-state index in [4.69, 9.17) is 10.5 Å². The fraction of sp³-hybridized carbons (Fsp3) is 0.500. The summed E-state index contributed by atoms with van der Waals surface area (Å²) in [5.41, 5.74) is 6.34. The third kappa shape index (κ3) is 3.01. The molecular weight excluding hydrogens is 228 g/mol. The second-order valence-corrected chi connectivity index (χ2v) is 4.46. The van der Waals surface area contributed by atoms with Gasteiger partial charge in [0, 0.05) is 6.42 Å². The summed E-state index contributed by atoms with van der Waals surface area (Å²) in [6.45, 7) is 1.92. The smallest absolute Gasteiger partial charge is 0.227 e. The van der Waals surface area contributed by atoms with Crippen molar-refractivity contribution < 1.29 is 9.53 Å². The number of hydrogen-bond acceptors (Lipinski definition) is 3. The van der Waals surface area contributed by atoms with E-state index in [2.05, 4.69) is 0 Å². The number of para-hydroxylation sites is 2. The number of amides is 1. The van der Waals surface area contributed by atoms with Gasteiger partial charge in [-0.05, 0) is 31.5 Å². The van der Waals surface area contributed by atoms with Gasteiger partial charge in [-0.15, -0.1) is 0 Å². The summed E-state index contributed by atoms with van der Waals surface area (Å²) in [5.74, 6) is 0.988. The molecular formula is C14H20N2O2. The van der Waals surface area contributed by atoms with Crippen molar-refractivity contribution in [2.75, 3.05) is 24.6 Å². The SMILES string of the molecule is NCCCCCC(=O)N1CCOc2ccccc21. The molecule has 0 aliphatic carbocycles. The molecule has 1 aromatic carbocycles. The van der Waals surface area contributed by atoms with E-state index in [1.54, 1.807) is 0 Å². The van der Waals surface area contributed by atoms with E-state index < -0.39 is 0 Å². The van der Waals surface area contributed by atoms with Gasteiger partial charge >= 0.3 is 0 Å². The number of carbonyl (C=O) groups excluding carboxylic acids is 1. The molecule has 1 aliphatic rings. The van der Waals surface area contributed by atoms with Crippen molar-refractivity contribution in [2.24, 2.45) is 5.73 Å². The Morgan fingerprint density at radius 3 is 2.94 bits per heavy atom. The summed E-state index contributed by atoms with van der Waals surface area (Å²) in [6, 6.07) is 7.70. The van der Waals surface area contributed by atoms with Crippen LogP contribution in [0, 0.1) is 0 Å². The molecule has 1 aromatic rings. The molecule has 4 nitrogen and oxygen atoms in total. The number of hydrogen-bond donors (Lipinski definition) is 1. The zero-order valence-corrected chi connectivity index (χ0v) is 10.6. The van der Waals surface area contributed by atoms with Gasteiger partial charge in [0.2, 0.25) is 5.91 Å². The van der Waals surface area contributed by atoms with Gasteiger partial charge in [0.05, 0.1) is 12.2 Å². The van der Waals surface area contributed by atoms with Crippen molar-refractivity contribution in [1.29, 1.82) is 0 Å². The van der Waals surface area contributed by atoms with E-state index in [-0.39, 0.29) is 5.91 Å². The highest BCUT2D eigenvalue weighted by Crippen LogP contribution is 2.31. The van der Waals surface area contributed by atoms with E-state index >= 15 is 0 Å². The molecule has 0 saturated carbocycles. The van der Waals surface area contributed by atoms with Crippen LogP contribution in [-0.4, -0.2) is 25.6 Å². The van der Waals surface area contributed by atoms with Crippen LogP contribution in [0.15, 0.2) is 24.3 Å². The van der Waals surface area contributed by atoms with Gasteiger partial charge in [0.25, 0.3) is 0 Å². The molecule has 18 heavy (non-hydrogen) atoms.